The Kier molecular flexibility index (Phi) is 6.41. The highest BCUT2D eigenvalue weighted by atomic mass is 16.5. The van der Waals surface area contributed by atoms with E-state index in [9.17, 15) is 10.2 Å². The standard InChI is InChI=1S/C12H26O3/c1-9(2)15-8-10(13)6-7-11(14)12(3,4)5/h9-11,13-14H,6-8H2,1-5H3. The Bertz CT molecular complexity index is 161. The lowest BCUT2D eigenvalue weighted by Crippen LogP contribution is -2.28. The van der Waals surface area contributed by atoms with Gasteiger partial charge in [0.15, 0.2) is 0 Å². The summed E-state index contributed by atoms with van der Waals surface area (Å²) in [6, 6.07) is 0. The number of hydrogen-bond donors (Lipinski definition) is 2. The highest BCUT2D eigenvalue weighted by Crippen LogP contribution is 2.23. The van der Waals surface area contributed by atoms with Gasteiger partial charge < -0.3 is 14.9 Å². The minimum absolute atomic E-state index is 0.112. The molecule has 0 aliphatic carbocycles. The molecule has 0 rings (SSSR count). The second kappa shape index (κ2) is 6.46. The first-order chi connectivity index (χ1) is 6.73. The number of aliphatic hydroxyl groups is 2. The predicted octanol–water partition coefficient (Wildman–Crippen LogP) is 1.96. The number of aliphatic hydroxyl groups excluding tert-OH is 2. The van der Waals surface area contributed by atoms with Gasteiger partial charge in [-0.25, -0.2) is 0 Å². The lowest BCUT2D eigenvalue weighted by molar-refractivity contribution is -0.0117. The smallest absolute Gasteiger partial charge is 0.0774 e. The monoisotopic (exact) mass is 218 g/mol. The van der Waals surface area contributed by atoms with Crippen LogP contribution in [-0.2, 0) is 4.74 Å². The highest BCUT2D eigenvalue weighted by molar-refractivity contribution is 4.73. The van der Waals surface area contributed by atoms with E-state index < -0.39 is 6.10 Å². The Labute approximate surface area is 93.5 Å². The van der Waals surface area contributed by atoms with Gasteiger partial charge in [0.05, 0.1) is 24.9 Å². The maximum Gasteiger partial charge on any atom is 0.0774 e. The van der Waals surface area contributed by atoms with Crippen LogP contribution in [0.4, 0.5) is 0 Å². The summed E-state index contributed by atoms with van der Waals surface area (Å²) >= 11 is 0. The van der Waals surface area contributed by atoms with Crippen LogP contribution in [0.15, 0.2) is 0 Å². The number of hydrogen-bond acceptors (Lipinski definition) is 3. The van der Waals surface area contributed by atoms with E-state index in [1.807, 2.05) is 34.6 Å². The van der Waals surface area contributed by atoms with Crippen LogP contribution in [0.3, 0.4) is 0 Å². The Hall–Kier alpha value is -0.120. The van der Waals surface area contributed by atoms with Gasteiger partial charge in [-0.3, -0.25) is 0 Å². The minimum atomic E-state index is -0.468. The number of ether oxygens (including phenoxy) is 1. The average Bonchev–Trinajstić information content (AvgIpc) is 2.09. The van der Waals surface area contributed by atoms with Crippen LogP contribution in [0.25, 0.3) is 0 Å². The van der Waals surface area contributed by atoms with Crippen LogP contribution >= 0.6 is 0 Å². The van der Waals surface area contributed by atoms with Crippen molar-refractivity contribution in [1.29, 1.82) is 0 Å². The normalized spacial score (nSPS) is 16.8. The zero-order valence-electron chi connectivity index (χ0n) is 10.7. The van der Waals surface area contributed by atoms with Crippen LogP contribution in [0, 0.1) is 5.41 Å². The molecule has 0 bridgehead atoms. The van der Waals surface area contributed by atoms with E-state index in [4.69, 9.17) is 4.74 Å². The Balaban J connectivity index is 3.66. The molecule has 2 unspecified atom stereocenters. The van der Waals surface area contributed by atoms with Crippen LogP contribution < -0.4 is 0 Å². The summed E-state index contributed by atoms with van der Waals surface area (Å²) in [5.41, 5.74) is -0.112. The van der Waals surface area contributed by atoms with Gasteiger partial charge in [-0.15, -0.1) is 0 Å². The molecule has 3 heteroatoms. The molecular formula is C12H26O3. The molecule has 0 fully saturated rings. The van der Waals surface area contributed by atoms with Gasteiger partial charge in [0.2, 0.25) is 0 Å². The zero-order chi connectivity index (χ0) is 12.1. The third-order valence-electron chi connectivity index (χ3n) is 2.39. The molecule has 0 aliphatic rings. The fourth-order valence-corrected chi connectivity index (χ4v) is 1.17. The van der Waals surface area contributed by atoms with Gasteiger partial charge >= 0.3 is 0 Å². The van der Waals surface area contributed by atoms with Gasteiger partial charge in [-0.2, -0.15) is 0 Å². The molecule has 0 amide bonds. The second-order valence-electron chi connectivity index (χ2n) is 5.50. The molecule has 2 N–H and O–H groups in total. The molecule has 3 nitrogen and oxygen atoms in total. The molecule has 0 heterocycles. The Morgan fingerprint density at radius 1 is 1.07 bits per heavy atom. The van der Waals surface area contributed by atoms with E-state index >= 15 is 0 Å². The first-order valence-corrected chi connectivity index (χ1v) is 5.71. The van der Waals surface area contributed by atoms with E-state index in [2.05, 4.69) is 0 Å². The summed E-state index contributed by atoms with van der Waals surface area (Å²) in [6.45, 7) is 10.2. The fourth-order valence-electron chi connectivity index (χ4n) is 1.17. The molecule has 2 atom stereocenters. The molecule has 0 aliphatic heterocycles. The van der Waals surface area contributed by atoms with Crippen LogP contribution in [0.1, 0.15) is 47.5 Å². The summed E-state index contributed by atoms with van der Waals surface area (Å²) < 4.78 is 5.29. The van der Waals surface area contributed by atoms with Crippen molar-refractivity contribution in [3.05, 3.63) is 0 Å². The van der Waals surface area contributed by atoms with E-state index in [1.165, 1.54) is 0 Å². The van der Waals surface area contributed by atoms with Gasteiger partial charge in [0.25, 0.3) is 0 Å². The van der Waals surface area contributed by atoms with Crippen molar-refractivity contribution in [3.63, 3.8) is 0 Å². The summed E-state index contributed by atoms with van der Waals surface area (Å²) in [6.07, 6.45) is 0.514. The third kappa shape index (κ3) is 7.77. The summed E-state index contributed by atoms with van der Waals surface area (Å²) in [4.78, 5) is 0. The quantitative estimate of drug-likeness (QED) is 0.716. The van der Waals surface area contributed by atoms with Gasteiger partial charge in [0.1, 0.15) is 0 Å². The van der Waals surface area contributed by atoms with E-state index in [-0.39, 0.29) is 17.6 Å². The molecule has 15 heavy (non-hydrogen) atoms. The topological polar surface area (TPSA) is 49.7 Å². The second-order valence-corrected chi connectivity index (χ2v) is 5.50. The van der Waals surface area contributed by atoms with Gasteiger partial charge in [-0.05, 0) is 32.1 Å². The van der Waals surface area contributed by atoms with E-state index in [1.54, 1.807) is 0 Å². The number of rotatable bonds is 6. The molecule has 92 valence electrons. The Morgan fingerprint density at radius 2 is 1.60 bits per heavy atom. The molecule has 0 aromatic carbocycles. The maximum absolute atomic E-state index is 9.76. The van der Waals surface area contributed by atoms with E-state index in [0.29, 0.717) is 19.4 Å². The van der Waals surface area contributed by atoms with Crippen LogP contribution in [-0.4, -0.2) is 35.1 Å². The van der Waals surface area contributed by atoms with Crippen molar-refractivity contribution in [3.8, 4) is 0 Å². The van der Waals surface area contributed by atoms with Crippen molar-refractivity contribution in [2.45, 2.75) is 65.8 Å². The summed E-state index contributed by atoms with van der Waals surface area (Å²) in [7, 11) is 0. The summed E-state index contributed by atoms with van der Waals surface area (Å²) in [5, 5.41) is 19.3. The van der Waals surface area contributed by atoms with E-state index in [0.717, 1.165) is 0 Å². The van der Waals surface area contributed by atoms with Crippen LogP contribution in [0.2, 0.25) is 0 Å². The molecule has 0 radical (unpaired) electrons. The first-order valence-electron chi connectivity index (χ1n) is 5.71. The maximum atomic E-state index is 9.76. The van der Waals surface area contributed by atoms with Gasteiger partial charge in [-0.1, -0.05) is 20.8 Å². The lowest BCUT2D eigenvalue weighted by Gasteiger charge is -2.26. The third-order valence-corrected chi connectivity index (χ3v) is 2.39. The average molecular weight is 218 g/mol. The largest absolute Gasteiger partial charge is 0.393 e. The SMILES string of the molecule is CC(C)OCC(O)CCC(O)C(C)(C)C. The molecular weight excluding hydrogens is 192 g/mol. The van der Waals surface area contributed by atoms with Crippen molar-refractivity contribution in [2.24, 2.45) is 5.41 Å². The van der Waals surface area contributed by atoms with Crippen molar-refractivity contribution in [1.82, 2.24) is 0 Å². The molecule has 0 spiro atoms. The molecule has 0 saturated heterocycles. The van der Waals surface area contributed by atoms with Crippen molar-refractivity contribution < 1.29 is 14.9 Å². The molecule has 0 aromatic heterocycles. The minimum Gasteiger partial charge on any atom is -0.393 e. The highest BCUT2D eigenvalue weighted by Gasteiger charge is 2.22. The lowest BCUT2D eigenvalue weighted by atomic mass is 9.86. The van der Waals surface area contributed by atoms with Crippen molar-refractivity contribution in [2.75, 3.05) is 6.61 Å². The fraction of sp³-hybridized carbons (Fsp3) is 1.00. The molecule has 0 saturated carbocycles. The van der Waals surface area contributed by atoms with Gasteiger partial charge in [0, 0.05) is 0 Å². The first kappa shape index (κ1) is 14.9. The zero-order valence-corrected chi connectivity index (χ0v) is 10.7. The molecule has 0 aromatic rings. The Morgan fingerprint density at radius 3 is 2.00 bits per heavy atom. The predicted molar refractivity (Wildman–Crippen MR) is 61.8 cm³/mol. The van der Waals surface area contributed by atoms with Crippen LogP contribution in [0.5, 0.6) is 0 Å². The summed E-state index contributed by atoms with van der Waals surface area (Å²) in [5.74, 6) is 0. The van der Waals surface area contributed by atoms with Crippen molar-refractivity contribution >= 4 is 0 Å².